The number of nitrogens with zero attached hydrogens (tertiary/aromatic N) is 3. The van der Waals surface area contributed by atoms with Crippen LogP contribution in [-0.4, -0.2) is 59.6 Å². The molecule has 1 N–H and O–H groups in total. The smallest absolute Gasteiger partial charge is 0.260 e. The predicted octanol–water partition coefficient (Wildman–Crippen LogP) is 1.53. The molecule has 0 saturated carbocycles. The molecule has 0 atom stereocenters. The molecule has 0 bridgehead atoms. The molecule has 0 unspecified atom stereocenters. The van der Waals surface area contributed by atoms with E-state index in [2.05, 4.69) is 15.3 Å². The molecule has 2 aromatic rings. The fraction of sp³-hybridized carbons (Fsp3) is 0.368. The number of carbonyl (C=O) groups excluding carboxylic acids is 2. The number of benzene rings is 1. The number of morpholine rings is 1. The number of nitrogens with one attached hydrogen (secondary N) is 1. The predicted molar refractivity (Wildman–Crippen MR) is 98.7 cm³/mol. The maximum atomic E-state index is 12.2. The minimum absolute atomic E-state index is 0.0210. The Bertz CT molecular complexity index is 771. The van der Waals surface area contributed by atoms with E-state index in [1.54, 1.807) is 29.2 Å². The molecular formula is C19H22N4O4. The Morgan fingerprint density at radius 3 is 2.44 bits per heavy atom. The lowest BCUT2D eigenvalue weighted by molar-refractivity contribution is -0.137. The molecule has 2 heterocycles. The van der Waals surface area contributed by atoms with E-state index >= 15 is 0 Å². The molecule has 8 heteroatoms. The Balaban J connectivity index is 1.50. The molecule has 0 spiro atoms. The highest BCUT2D eigenvalue weighted by molar-refractivity contribution is 6.03. The van der Waals surface area contributed by atoms with Crippen LogP contribution in [0.25, 0.3) is 0 Å². The summed E-state index contributed by atoms with van der Waals surface area (Å²) in [6.07, 6.45) is 3.74. The molecule has 1 aromatic heterocycles. The van der Waals surface area contributed by atoms with E-state index in [-0.39, 0.29) is 18.4 Å². The number of carbonyl (C=O) groups is 2. The topological polar surface area (TPSA) is 93.6 Å². The van der Waals surface area contributed by atoms with Crippen LogP contribution in [0, 0.1) is 0 Å². The summed E-state index contributed by atoms with van der Waals surface area (Å²) in [6, 6.07) is 6.85. The molecule has 142 valence electrons. The Labute approximate surface area is 157 Å². The zero-order valence-corrected chi connectivity index (χ0v) is 15.2. The first-order chi connectivity index (χ1) is 13.2. The van der Waals surface area contributed by atoms with E-state index in [9.17, 15) is 9.59 Å². The Kier molecular flexibility index (Phi) is 6.32. The average molecular weight is 370 g/mol. The van der Waals surface area contributed by atoms with E-state index in [4.69, 9.17) is 9.47 Å². The second kappa shape index (κ2) is 9.09. The average Bonchev–Trinajstić information content (AvgIpc) is 2.73. The monoisotopic (exact) mass is 370 g/mol. The van der Waals surface area contributed by atoms with Crippen molar-refractivity contribution < 1.29 is 19.1 Å². The van der Waals surface area contributed by atoms with Crippen LogP contribution in [-0.2, 0) is 16.0 Å². The van der Waals surface area contributed by atoms with Crippen LogP contribution in [0.3, 0.4) is 0 Å². The van der Waals surface area contributed by atoms with Gasteiger partial charge in [0.2, 0.25) is 0 Å². The van der Waals surface area contributed by atoms with E-state index in [1.807, 2.05) is 6.92 Å². The van der Waals surface area contributed by atoms with Gasteiger partial charge < -0.3 is 19.7 Å². The Hall–Kier alpha value is -3.00. The normalized spacial score (nSPS) is 13.9. The summed E-state index contributed by atoms with van der Waals surface area (Å²) in [5, 5.41) is 2.78. The maximum absolute atomic E-state index is 12.2. The fourth-order valence-electron chi connectivity index (χ4n) is 2.54. The van der Waals surface area contributed by atoms with Gasteiger partial charge in [-0.2, -0.15) is 0 Å². The first-order valence-electron chi connectivity index (χ1n) is 8.86. The maximum Gasteiger partial charge on any atom is 0.260 e. The van der Waals surface area contributed by atoms with Crippen LogP contribution >= 0.6 is 0 Å². The van der Waals surface area contributed by atoms with Crippen molar-refractivity contribution in [3.63, 3.8) is 0 Å². The number of aryl methyl sites for hydroxylation is 1. The van der Waals surface area contributed by atoms with Gasteiger partial charge in [0.25, 0.3) is 11.8 Å². The molecule has 2 amide bonds. The highest BCUT2D eigenvalue weighted by Gasteiger charge is 2.17. The Morgan fingerprint density at radius 2 is 1.81 bits per heavy atom. The molecule has 1 saturated heterocycles. The SMILES string of the molecule is CCc1ncc(C(=O)Nc2ccc(OCC(=O)N3CCOCC3)cc2)cn1. The minimum atomic E-state index is -0.284. The molecule has 0 radical (unpaired) electrons. The van der Waals surface area contributed by atoms with Gasteiger partial charge in [-0.1, -0.05) is 6.92 Å². The summed E-state index contributed by atoms with van der Waals surface area (Å²) >= 11 is 0. The summed E-state index contributed by atoms with van der Waals surface area (Å²) in [4.78, 5) is 34.2. The van der Waals surface area contributed by atoms with Crippen LogP contribution in [0.15, 0.2) is 36.7 Å². The van der Waals surface area contributed by atoms with Crippen LogP contribution in [0.4, 0.5) is 5.69 Å². The molecule has 3 rings (SSSR count). The summed E-state index contributed by atoms with van der Waals surface area (Å²) in [5.74, 6) is 0.907. The number of anilines is 1. The van der Waals surface area contributed by atoms with Gasteiger partial charge >= 0.3 is 0 Å². The van der Waals surface area contributed by atoms with Crippen LogP contribution in [0.2, 0.25) is 0 Å². The molecule has 1 aromatic carbocycles. The van der Waals surface area contributed by atoms with Crippen molar-refractivity contribution >= 4 is 17.5 Å². The largest absolute Gasteiger partial charge is 0.484 e. The molecule has 1 aliphatic heterocycles. The third-order valence-electron chi connectivity index (χ3n) is 4.12. The van der Waals surface area contributed by atoms with Crippen LogP contribution in [0.1, 0.15) is 23.1 Å². The number of aromatic nitrogens is 2. The van der Waals surface area contributed by atoms with Crippen molar-refractivity contribution in [2.75, 3.05) is 38.2 Å². The lowest BCUT2D eigenvalue weighted by Crippen LogP contribution is -2.42. The molecule has 27 heavy (non-hydrogen) atoms. The second-order valence-corrected chi connectivity index (χ2v) is 6.00. The lowest BCUT2D eigenvalue weighted by atomic mass is 10.2. The van der Waals surface area contributed by atoms with Crippen molar-refractivity contribution in [1.82, 2.24) is 14.9 Å². The highest BCUT2D eigenvalue weighted by atomic mass is 16.5. The third-order valence-corrected chi connectivity index (χ3v) is 4.12. The van der Waals surface area contributed by atoms with Gasteiger partial charge in [-0.05, 0) is 24.3 Å². The summed E-state index contributed by atoms with van der Waals surface area (Å²) in [6.45, 7) is 4.24. The van der Waals surface area contributed by atoms with Gasteiger partial charge in [-0.15, -0.1) is 0 Å². The number of amides is 2. The zero-order chi connectivity index (χ0) is 19.1. The molecular weight excluding hydrogens is 348 g/mol. The second-order valence-electron chi connectivity index (χ2n) is 6.00. The molecule has 0 aliphatic carbocycles. The van der Waals surface area contributed by atoms with Gasteiger partial charge in [0.05, 0.1) is 18.8 Å². The molecule has 1 fully saturated rings. The van der Waals surface area contributed by atoms with Gasteiger partial charge in [0.1, 0.15) is 11.6 Å². The number of hydrogen-bond donors (Lipinski definition) is 1. The van der Waals surface area contributed by atoms with E-state index < -0.39 is 0 Å². The van der Waals surface area contributed by atoms with E-state index in [0.717, 1.165) is 6.42 Å². The third kappa shape index (κ3) is 5.24. The van der Waals surface area contributed by atoms with Crippen LogP contribution < -0.4 is 10.1 Å². The lowest BCUT2D eigenvalue weighted by Gasteiger charge is -2.26. The van der Waals surface area contributed by atoms with Crippen molar-refractivity contribution in [3.05, 3.63) is 48.0 Å². The van der Waals surface area contributed by atoms with Crippen molar-refractivity contribution in [2.24, 2.45) is 0 Å². The van der Waals surface area contributed by atoms with Gasteiger partial charge in [0, 0.05) is 37.6 Å². The molecule has 8 nitrogen and oxygen atoms in total. The summed E-state index contributed by atoms with van der Waals surface area (Å²) < 4.78 is 10.8. The number of hydrogen-bond acceptors (Lipinski definition) is 6. The van der Waals surface area contributed by atoms with E-state index in [0.29, 0.717) is 49.1 Å². The van der Waals surface area contributed by atoms with Gasteiger partial charge in [0.15, 0.2) is 6.61 Å². The van der Waals surface area contributed by atoms with E-state index in [1.165, 1.54) is 12.4 Å². The first kappa shape index (κ1) is 18.8. The quantitative estimate of drug-likeness (QED) is 0.829. The Morgan fingerprint density at radius 1 is 1.15 bits per heavy atom. The van der Waals surface area contributed by atoms with Gasteiger partial charge in [-0.3, -0.25) is 9.59 Å². The standard InChI is InChI=1S/C19H22N4O4/c1-2-17-20-11-14(12-21-17)19(25)22-15-3-5-16(6-4-15)27-13-18(24)23-7-9-26-10-8-23/h3-6,11-12H,2,7-10,13H2,1H3,(H,22,25). The summed E-state index contributed by atoms with van der Waals surface area (Å²) in [5.41, 5.74) is 1.01. The highest BCUT2D eigenvalue weighted by Crippen LogP contribution is 2.16. The number of rotatable bonds is 6. The van der Waals surface area contributed by atoms with Crippen molar-refractivity contribution in [3.8, 4) is 5.75 Å². The zero-order valence-electron chi connectivity index (χ0n) is 15.2. The minimum Gasteiger partial charge on any atom is -0.484 e. The fourth-order valence-corrected chi connectivity index (χ4v) is 2.54. The van der Waals surface area contributed by atoms with Gasteiger partial charge in [-0.25, -0.2) is 9.97 Å². The van der Waals surface area contributed by atoms with Crippen LogP contribution in [0.5, 0.6) is 5.75 Å². The molecule has 1 aliphatic rings. The number of ether oxygens (including phenoxy) is 2. The summed E-state index contributed by atoms with van der Waals surface area (Å²) in [7, 11) is 0. The van der Waals surface area contributed by atoms with Crippen molar-refractivity contribution in [1.29, 1.82) is 0 Å². The first-order valence-corrected chi connectivity index (χ1v) is 8.86. The van der Waals surface area contributed by atoms with Crippen molar-refractivity contribution in [2.45, 2.75) is 13.3 Å².